The molecule has 2 N–H and O–H groups in total. The van der Waals surface area contributed by atoms with Crippen LogP contribution in [-0.4, -0.2) is 30.6 Å². The Bertz CT molecular complexity index is 716. The maximum Gasteiger partial charge on any atom is 0.267 e. The Hall–Kier alpha value is -1.26. The Morgan fingerprint density at radius 3 is 2.75 bits per heavy atom. The standard InChI is InChI=1S/C10H12BrN5O2S2/c1-3-8-14-15-10(19-8)16-20(17,18)7-4-6(11)5-13-9(7)12-2/h4-5H,3H2,1-2H3,(H,12,13)(H,15,16). The van der Waals surface area contributed by atoms with Gasteiger partial charge in [0.1, 0.15) is 15.7 Å². The number of rotatable bonds is 5. The maximum absolute atomic E-state index is 12.4. The van der Waals surface area contributed by atoms with E-state index in [1.807, 2.05) is 6.92 Å². The average Bonchev–Trinajstić information content (AvgIpc) is 2.85. The Kier molecular flexibility index (Phi) is 4.55. The number of sulfonamides is 1. The first-order valence-electron chi connectivity index (χ1n) is 5.64. The molecule has 0 fully saturated rings. The lowest BCUT2D eigenvalue weighted by Gasteiger charge is -2.09. The van der Waals surface area contributed by atoms with Crippen molar-refractivity contribution in [1.82, 2.24) is 15.2 Å². The molecule has 0 atom stereocenters. The van der Waals surface area contributed by atoms with Crippen molar-refractivity contribution in [3.63, 3.8) is 0 Å². The predicted octanol–water partition coefficient (Wildman–Crippen LogP) is 2.10. The number of halogens is 1. The van der Waals surface area contributed by atoms with Gasteiger partial charge in [-0.1, -0.05) is 18.3 Å². The third-order valence-corrected chi connectivity index (χ3v) is 5.23. The summed E-state index contributed by atoms with van der Waals surface area (Å²) in [7, 11) is -2.16. The smallest absolute Gasteiger partial charge is 0.267 e. The zero-order valence-electron chi connectivity index (χ0n) is 10.7. The molecule has 0 unspecified atom stereocenters. The fourth-order valence-corrected chi connectivity index (χ4v) is 4.00. The molecule has 0 aliphatic rings. The van der Waals surface area contributed by atoms with Gasteiger partial charge < -0.3 is 5.32 Å². The molecule has 0 aliphatic heterocycles. The number of nitrogens with one attached hydrogen (secondary N) is 2. The number of nitrogens with zero attached hydrogens (tertiary/aromatic N) is 3. The largest absolute Gasteiger partial charge is 0.372 e. The molecule has 0 bridgehead atoms. The SMILES string of the molecule is CCc1nnc(NS(=O)(=O)c2cc(Br)cnc2NC)s1. The predicted molar refractivity (Wildman–Crippen MR) is 81.6 cm³/mol. The fourth-order valence-electron chi connectivity index (χ4n) is 1.42. The van der Waals surface area contributed by atoms with Crippen LogP contribution in [0.4, 0.5) is 10.9 Å². The van der Waals surface area contributed by atoms with Crippen LogP contribution in [0.5, 0.6) is 0 Å². The van der Waals surface area contributed by atoms with E-state index in [0.717, 1.165) is 5.01 Å². The van der Waals surface area contributed by atoms with Crippen LogP contribution in [0.15, 0.2) is 21.6 Å². The first kappa shape index (κ1) is 15.1. The minimum atomic E-state index is -3.77. The third-order valence-electron chi connectivity index (χ3n) is 2.34. The highest BCUT2D eigenvalue weighted by Gasteiger charge is 2.21. The molecule has 0 aromatic carbocycles. The summed E-state index contributed by atoms with van der Waals surface area (Å²) in [5.41, 5.74) is 0. The molecule has 0 spiro atoms. The third kappa shape index (κ3) is 3.25. The van der Waals surface area contributed by atoms with Gasteiger partial charge in [0.25, 0.3) is 10.0 Å². The highest BCUT2D eigenvalue weighted by atomic mass is 79.9. The highest BCUT2D eigenvalue weighted by Crippen LogP contribution is 2.26. The zero-order chi connectivity index (χ0) is 14.8. The van der Waals surface area contributed by atoms with Crippen LogP contribution in [0.1, 0.15) is 11.9 Å². The van der Waals surface area contributed by atoms with Crippen LogP contribution in [-0.2, 0) is 16.4 Å². The Morgan fingerprint density at radius 1 is 1.40 bits per heavy atom. The van der Waals surface area contributed by atoms with Gasteiger partial charge in [-0.15, -0.1) is 10.2 Å². The van der Waals surface area contributed by atoms with Crippen molar-refractivity contribution < 1.29 is 8.42 Å². The molecular formula is C10H12BrN5O2S2. The van der Waals surface area contributed by atoms with E-state index < -0.39 is 10.0 Å². The molecule has 0 radical (unpaired) electrons. The molecule has 2 rings (SSSR count). The molecule has 108 valence electrons. The minimum absolute atomic E-state index is 0.0441. The second kappa shape index (κ2) is 6.02. The first-order chi connectivity index (χ1) is 9.46. The summed E-state index contributed by atoms with van der Waals surface area (Å²) in [5, 5.41) is 11.4. The van der Waals surface area contributed by atoms with Crippen molar-refractivity contribution in [2.24, 2.45) is 0 Å². The summed E-state index contributed by atoms with van der Waals surface area (Å²) in [6, 6.07) is 1.48. The molecule has 2 heterocycles. The molecule has 10 heteroatoms. The summed E-state index contributed by atoms with van der Waals surface area (Å²) in [4.78, 5) is 4.06. The molecule has 2 aromatic rings. The molecule has 0 saturated heterocycles. The fraction of sp³-hybridized carbons (Fsp3) is 0.300. The average molecular weight is 378 g/mol. The first-order valence-corrected chi connectivity index (χ1v) is 8.74. The van der Waals surface area contributed by atoms with E-state index in [4.69, 9.17) is 0 Å². The van der Waals surface area contributed by atoms with Gasteiger partial charge in [-0.25, -0.2) is 13.4 Å². The summed E-state index contributed by atoms with van der Waals surface area (Å²) < 4.78 is 27.7. The second-order valence-electron chi connectivity index (χ2n) is 3.71. The van der Waals surface area contributed by atoms with Gasteiger partial charge in [-0.3, -0.25) is 4.72 Å². The summed E-state index contributed by atoms with van der Waals surface area (Å²) in [5.74, 6) is 0.265. The second-order valence-corrected chi connectivity index (χ2v) is 7.34. The van der Waals surface area contributed by atoms with E-state index in [0.29, 0.717) is 10.9 Å². The summed E-state index contributed by atoms with van der Waals surface area (Å²) in [6.07, 6.45) is 2.23. The molecule has 0 saturated carbocycles. The lowest BCUT2D eigenvalue weighted by Crippen LogP contribution is -2.15. The maximum atomic E-state index is 12.4. The number of pyridine rings is 1. The number of hydrogen-bond donors (Lipinski definition) is 2. The minimum Gasteiger partial charge on any atom is -0.372 e. The van der Waals surface area contributed by atoms with E-state index in [1.165, 1.54) is 23.6 Å². The van der Waals surface area contributed by atoms with Crippen LogP contribution < -0.4 is 10.0 Å². The molecule has 20 heavy (non-hydrogen) atoms. The zero-order valence-corrected chi connectivity index (χ0v) is 13.9. The van der Waals surface area contributed by atoms with Gasteiger partial charge in [-0.05, 0) is 28.4 Å². The van der Waals surface area contributed by atoms with E-state index in [1.54, 1.807) is 7.05 Å². The highest BCUT2D eigenvalue weighted by molar-refractivity contribution is 9.10. The lowest BCUT2D eigenvalue weighted by atomic mass is 10.4. The van der Waals surface area contributed by atoms with Crippen LogP contribution in [0.3, 0.4) is 0 Å². The Labute approximate surface area is 129 Å². The van der Waals surface area contributed by atoms with Gasteiger partial charge in [-0.2, -0.15) is 0 Å². The van der Waals surface area contributed by atoms with Crippen LogP contribution >= 0.6 is 27.3 Å². The molecule has 0 amide bonds. The van der Waals surface area contributed by atoms with Crippen molar-refractivity contribution in [2.75, 3.05) is 17.1 Å². The van der Waals surface area contributed by atoms with E-state index in [-0.39, 0.29) is 15.8 Å². The summed E-state index contributed by atoms with van der Waals surface area (Å²) >= 11 is 4.42. The van der Waals surface area contributed by atoms with Crippen molar-refractivity contribution in [3.05, 3.63) is 21.7 Å². The lowest BCUT2D eigenvalue weighted by molar-refractivity contribution is 0.601. The van der Waals surface area contributed by atoms with Gasteiger partial charge in [0.2, 0.25) is 5.13 Å². The summed E-state index contributed by atoms with van der Waals surface area (Å²) in [6.45, 7) is 1.93. The normalized spacial score (nSPS) is 11.3. The van der Waals surface area contributed by atoms with Gasteiger partial charge in [0.05, 0.1) is 0 Å². The molecule has 7 nitrogen and oxygen atoms in total. The number of aryl methyl sites for hydroxylation is 1. The van der Waals surface area contributed by atoms with Crippen molar-refractivity contribution in [3.8, 4) is 0 Å². The number of hydrogen-bond acceptors (Lipinski definition) is 7. The Morgan fingerprint density at radius 2 is 2.15 bits per heavy atom. The van der Waals surface area contributed by atoms with Crippen molar-refractivity contribution in [2.45, 2.75) is 18.2 Å². The molecule has 0 aliphatic carbocycles. The van der Waals surface area contributed by atoms with E-state index in [9.17, 15) is 8.42 Å². The topological polar surface area (TPSA) is 96.9 Å². The van der Waals surface area contributed by atoms with Crippen LogP contribution in [0.2, 0.25) is 0 Å². The van der Waals surface area contributed by atoms with Crippen molar-refractivity contribution in [1.29, 1.82) is 0 Å². The van der Waals surface area contributed by atoms with Gasteiger partial charge >= 0.3 is 0 Å². The van der Waals surface area contributed by atoms with Crippen molar-refractivity contribution >= 4 is 48.2 Å². The molecular weight excluding hydrogens is 366 g/mol. The van der Waals surface area contributed by atoms with E-state index in [2.05, 4.69) is 41.2 Å². The van der Waals surface area contributed by atoms with Crippen LogP contribution in [0, 0.1) is 0 Å². The number of aromatic nitrogens is 3. The van der Waals surface area contributed by atoms with Crippen LogP contribution in [0.25, 0.3) is 0 Å². The molecule has 2 aromatic heterocycles. The van der Waals surface area contributed by atoms with E-state index >= 15 is 0 Å². The Balaban J connectivity index is 2.37. The van der Waals surface area contributed by atoms with Gasteiger partial charge in [0.15, 0.2) is 0 Å². The quantitative estimate of drug-likeness (QED) is 0.827. The van der Waals surface area contributed by atoms with Gasteiger partial charge in [0, 0.05) is 17.7 Å². The number of anilines is 2. The monoisotopic (exact) mass is 377 g/mol.